The Morgan fingerprint density at radius 3 is 2.83 bits per heavy atom. The van der Waals surface area contributed by atoms with Crippen molar-refractivity contribution in [3.63, 3.8) is 0 Å². The number of aromatic nitrogens is 3. The molecule has 8 heteroatoms. The lowest BCUT2D eigenvalue weighted by atomic mass is 10.1. The lowest BCUT2D eigenvalue weighted by Crippen LogP contribution is -2.43. The van der Waals surface area contributed by atoms with Crippen molar-refractivity contribution >= 4 is 29.9 Å². The molecule has 0 aliphatic heterocycles. The lowest BCUT2D eigenvalue weighted by molar-refractivity contribution is 0.179. The van der Waals surface area contributed by atoms with Crippen LogP contribution in [0.25, 0.3) is 0 Å². The highest BCUT2D eigenvalue weighted by molar-refractivity contribution is 14.0. The highest BCUT2D eigenvalue weighted by Crippen LogP contribution is 2.06. The minimum absolute atomic E-state index is 0. The summed E-state index contributed by atoms with van der Waals surface area (Å²) in [7, 11) is 3.45. The second-order valence-electron chi connectivity index (χ2n) is 5.34. The molecular weight excluding hydrogens is 419 g/mol. The van der Waals surface area contributed by atoms with E-state index in [1.165, 1.54) is 11.1 Å². The standard InChI is InChI=1S/C16H24N6O.HI/c1-13(10-23-3)21-16(17-2)19-8-14-5-4-6-15(7-14)9-22-12-18-11-20-22;/h4-7,11-13H,8-10H2,1-3H3,(H2,17,19,21);1H. The number of aliphatic imine (C=N–C) groups is 1. The molecule has 0 spiro atoms. The van der Waals surface area contributed by atoms with Crippen LogP contribution in [-0.4, -0.2) is 47.5 Å². The van der Waals surface area contributed by atoms with Gasteiger partial charge in [-0.25, -0.2) is 9.67 Å². The molecule has 1 heterocycles. The fourth-order valence-electron chi connectivity index (χ4n) is 2.24. The van der Waals surface area contributed by atoms with E-state index in [4.69, 9.17) is 4.74 Å². The maximum absolute atomic E-state index is 5.12. The molecule has 1 atom stereocenters. The van der Waals surface area contributed by atoms with Crippen LogP contribution in [0.1, 0.15) is 18.1 Å². The molecule has 2 N–H and O–H groups in total. The number of benzene rings is 1. The molecule has 2 aromatic rings. The zero-order valence-corrected chi connectivity index (χ0v) is 16.6. The number of hydrogen-bond acceptors (Lipinski definition) is 4. The number of ether oxygens (including phenoxy) is 1. The molecule has 7 nitrogen and oxygen atoms in total. The SMILES string of the molecule is CN=C(NCc1cccc(Cn2cncn2)c1)NC(C)COC.I. The summed E-state index contributed by atoms with van der Waals surface area (Å²) < 4.78 is 6.92. The van der Waals surface area contributed by atoms with Gasteiger partial charge in [0.2, 0.25) is 0 Å². The summed E-state index contributed by atoms with van der Waals surface area (Å²) in [5.41, 5.74) is 2.37. The number of nitrogens with one attached hydrogen (secondary N) is 2. The Bertz CT molecular complexity index is 617. The van der Waals surface area contributed by atoms with Crippen LogP contribution in [0.5, 0.6) is 0 Å². The molecule has 1 unspecified atom stereocenters. The maximum atomic E-state index is 5.12. The predicted octanol–water partition coefficient (Wildman–Crippen LogP) is 1.64. The molecule has 0 aliphatic rings. The van der Waals surface area contributed by atoms with Crippen molar-refractivity contribution in [2.45, 2.75) is 26.1 Å². The summed E-state index contributed by atoms with van der Waals surface area (Å²) >= 11 is 0. The molecule has 2 rings (SSSR count). The highest BCUT2D eigenvalue weighted by Gasteiger charge is 2.05. The average molecular weight is 444 g/mol. The van der Waals surface area contributed by atoms with E-state index in [-0.39, 0.29) is 30.0 Å². The molecule has 0 radical (unpaired) electrons. The van der Waals surface area contributed by atoms with Crippen LogP contribution in [0.2, 0.25) is 0 Å². The minimum atomic E-state index is 0. The second-order valence-corrected chi connectivity index (χ2v) is 5.34. The normalized spacial score (nSPS) is 12.4. The van der Waals surface area contributed by atoms with Crippen molar-refractivity contribution in [3.8, 4) is 0 Å². The van der Waals surface area contributed by atoms with E-state index in [9.17, 15) is 0 Å². The van der Waals surface area contributed by atoms with Gasteiger partial charge in [-0.3, -0.25) is 4.99 Å². The van der Waals surface area contributed by atoms with E-state index in [0.717, 1.165) is 5.96 Å². The van der Waals surface area contributed by atoms with Crippen molar-refractivity contribution in [1.82, 2.24) is 25.4 Å². The summed E-state index contributed by atoms with van der Waals surface area (Å²) in [4.78, 5) is 8.18. The zero-order valence-electron chi connectivity index (χ0n) is 14.3. The Morgan fingerprint density at radius 1 is 1.38 bits per heavy atom. The van der Waals surface area contributed by atoms with Gasteiger partial charge in [-0.05, 0) is 18.1 Å². The Morgan fingerprint density at radius 2 is 2.17 bits per heavy atom. The van der Waals surface area contributed by atoms with E-state index in [1.54, 1.807) is 31.5 Å². The molecule has 0 saturated heterocycles. The Labute approximate surface area is 159 Å². The number of halogens is 1. The van der Waals surface area contributed by atoms with Gasteiger partial charge < -0.3 is 15.4 Å². The molecule has 1 aromatic heterocycles. The molecule has 0 fully saturated rings. The number of methoxy groups -OCH3 is 1. The Hall–Kier alpha value is -1.68. The number of rotatable bonds is 7. The van der Waals surface area contributed by atoms with Gasteiger partial charge in [0, 0.05) is 26.7 Å². The van der Waals surface area contributed by atoms with Gasteiger partial charge in [-0.1, -0.05) is 24.3 Å². The fraction of sp³-hybridized carbons (Fsp3) is 0.438. The first-order valence-corrected chi connectivity index (χ1v) is 7.57. The Balaban J connectivity index is 0.00000288. The fourth-order valence-corrected chi connectivity index (χ4v) is 2.24. The quantitative estimate of drug-likeness (QED) is 0.386. The smallest absolute Gasteiger partial charge is 0.191 e. The molecular formula is C16H25IN6O. The molecule has 24 heavy (non-hydrogen) atoms. The van der Waals surface area contributed by atoms with Crippen molar-refractivity contribution in [2.75, 3.05) is 20.8 Å². The van der Waals surface area contributed by atoms with Crippen LogP contribution in [0.4, 0.5) is 0 Å². The summed E-state index contributed by atoms with van der Waals surface area (Å²) in [6.07, 6.45) is 3.26. The van der Waals surface area contributed by atoms with Crippen molar-refractivity contribution in [3.05, 3.63) is 48.0 Å². The van der Waals surface area contributed by atoms with E-state index in [0.29, 0.717) is 19.7 Å². The first kappa shape index (κ1) is 20.4. The van der Waals surface area contributed by atoms with Gasteiger partial charge >= 0.3 is 0 Å². The van der Waals surface area contributed by atoms with Crippen molar-refractivity contribution in [2.24, 2.45) is 4.99 Å². The summed E-state index contributed by atoms with van der Waals surface area (Å²) in [5.74, 6) is 0.760. The van der Waals surface area contributed by atoms with E-state index in [1.807, 2.05) is 6.07 Å². The second kappa shape index (κ2) is 11.0. The third-order valence-corrected chi connectivity index (χ3v) is 3.29. The maximum Gasteiger partial charge on any atom is 0.191 e. The third kappa shape index (κ3) is 6.83. The van der Waals surface area contributed by atoms with Crippen LogP contribution in [-0.2, 0) is 17.8 Å². The average Bonchev–Trinajstić information content (AvgIpc) is 3.05. The molecule has 0 bridgehead atoms. The topological polar surface area (TPSA) is 76.4 Å². The third-order valence-electron chi connectivity index (χ3n) is 3.29. The largest absolute Gasteiger partial charge is 0.383 e. The molecule has 132 valence electrons. The molecule has 1 aromatic carbocycles. The van der Waals surface area contributed by atoms with Crippen LogP contribution in [0.15, 0.2) is 41.9 Å². The number of guanidine groups is 1. The van der Waals surface area contributed by atoms with Crippen LogP contribution in [0.3, 0.4) is 0 Å². The minimum Gasteiger partial charge on any atom is -0.383 e. The van der Waals surface area contributed by atoms with Crippen LogP contribution in [0, 0.1) is 0 Å². The molecule has 0 amide bonds. The number of nitrogens with zero attached hydrogens (tertiary/aromatic N) is 4. The Kier molecular flexibility index (Phi) is 9.31. The zero-order chi connectivity index (χ0) is 16.5. The molecule has 0 saturated carbocycles. The molecule has 0 aliphatic carbocycles. The summed E-state index contributed by atoms with van der Waals surface area (Å²) in [5, 5.41) is 10.7. The van der Waals surface area contributed by atoms with Gasteiger partial charge in [0.1, 0.15) is 12.7 Å². The van der Waals surface area contributed by atoms with E-state index >= 15 is 0 Å². The highest BCUT2D eigenvalue weighted by atomic mass is 127. The van der Waals surface area contributed by atoms with E-state index < -0.39 is 0 Å². The van der Waals surface area contributed by atoms with Crippen molar-refractivity contribution < 1.29 is 4.74 Å². The predicted molar refractivity (Wildman–Crippen MR) is 106 cm³/mol. The van der Waals surface area contributed by atoms with Gasteiger partial charge in [0.25, 0.3) is 0 Å². The summed E-state index contributed by atoms with van der Waals surface area (Å²) in [6.45, 7) is 4.10. The first-order chi connectivity index (χ1) is 11.2. The van der Waals surface area contributed by atoms with Gasteiger partial charge in [0.05, 0.1) is 13.2 Å². The van der Waals surface area contributed by atoms with Crippen LogP contribution >= 0.6 is 24.0 Å². The van der Waals surface area contributed by atoms with Gasteiger partial charge in [-0.15, -0.1) is 24.0 Å². The van der Waals surface area contributed by atoms with E-state index in [2.05, 4.69) is 50.8 Å². The summed E-state index contributed by atoms with van der Waals surface area (Å²) in [6, 6.07) is 8.57. The monoisotopic (exact) mass is 444 g/mol. The lowest BCUT2D eigenvalue weighted by Gasteiger charge is -2.17. The van der Waals surface area contributed by atoms with Crippen molar-refractivity contribution in [1.29, 1.82) is 0 Å². The van der Waals surface area contributed by atoms with Gasteiger partial charge in [0.15, 0.2) is 5.96 Å². The van der Waals surface area contributed by atoms with Crippen LogP contribution < -0.4 is 10.6 Å². The first-order valence-electron chi connectivity index (χ1n) is 7.57. The van der Waals surface area contributed by atoms with Gasteiger partial charge in [-0.2, -0.15) is 5.10 Å². The number of hydrogen-bond donors (Lipinski definition) is 2.